The average molecular weight is 360 g/mol. The summed E-state index contributed by atoms with van der Waals surface area (Å²) in [6, 6.07) is 3.11. The van der Waals surface area contributed by atoms with Gasteiger partial charge in [0.1, 0.15) is 6.04 Å². The van der Waals surface area contributed by atoms with Crippen molar-refractivity contribution in [2.24, 2.45) is 11.8 Å². The predicted octanol–water partition coefficient (Wildman–Crippen LogP) is 2.04. The number of rotatable bonds is 6. The number of carbonyl (C=O) groups is 2. The third-order valence-corrected chi connectivity index (χ3v) is 4.81. The lowest BCUT2D eigenvalue weighted by atomic mass is 9.98. The molecule has 1 fully saturated rings. The van der Waals surface area contributed by atoms with Crippen LogP contribution in [0.3, 0.4) is 0 Å². The van der Waals surface area contributed by atoms with Gasteiger partial charge >= 0.3 is 0 Å². The molecule has 2 amide bonds. The smallest absolute Gasteiger partial charge is 0.262 e. The Balaban J connectivity index is 0.00000264. The molecule has 3 N–H and O–H groups in total. The molecular weight excluding hydrogens is 334 g/mol. The van der Waals surface area contributed by atoms with Crippen LogP contribution in [-0.2, 0) is 4.79 Å². The highest BCUT2D eigenvalue weighted by Crippen LogP contribution is 2.11. The first-order valence-corrected chi connectivity index (χ1v) is 8.78. The molecular formula is C16H26ClN3O2S. The number of carbonyl (C=O) groups excluding carboxylic acids is 2. The van der Waals surface area contributed by atoms with Gasteiger partial charge in [0.05, 0.1) is 4.88 Å². The Hall–Kier alpha value is -1.11. The number of nitrogens with one attached hydrogen (secondary N) is 3. The van der Waals surface area contributed by atoms with Gasteiger partial charge in [-0.2, -0.15) is 0 Å². The minimum Gasteiger partial charge on any atom is -0.354 e. The van der Waals surface area contributed by atoms with E-state index < -0.39 is 6.04 Å². The molecule has 2 heterocycles. The fraction of sp³-hybridized carbons (Fsp3) is 0.625. The van der Waals surface area contributed by atoms with Crippen LogP contribution >= 0.6 is 23.7 Å². The van der Waals surface area contributed by atoms with Crippen LogP contribution in [0.4, 0.5) is 0 Å². The molecule has 1 aromatic rings. The molecule has 0 spiro atoms. The molecule has 7 heteroatoms. The molecule has 0 aliphatic carbocycles. The van der Waals surface area contributed by atoms with E-state index in [1.165, 1.54) is 11.3 Å². The number of hydrogen-bond acceptors (Lipinski definition) is 4. The topological polar surface area (TPSA) is 70.2 Å². The van der Waals surface area contributed by atoms with E-state index in [0.717, 1.165) is 25.9 Å². The van der Waals surface area contributed by atoms with Gasteiger partial charge in [0.25, 0.3) is 5.91 Å². The molecule has 2 unspecified atom stereocenters. The van der Waals surface area contributed by atoms with Crippen LogP contribution in [0.2, 0.25) is 0 Å². The van der Waals surface area contributed by atoms with Gasteiger partial charge in [0, 0.05) is 6.54 Å². The molecule has 5 nitrogen and oxygen atoms in total. The fourth-order valence-corrected chi connectivity index (χ4v) is 3.24. The summed E-state index contributed by atoms with van der Waals surface area (Å²) in [4.78, 5) is 25.2. The summed E-state index contributed by atoms with van der Waals surface area (Å²) in [6.45, 7) is 6.58. The molecule has 1 saturated heterocycles. The second-order valence-electron chi connectivity index (χ2n) is 6.13. The van der Waals surface area contributed by atoms with Gasteiger partial charge in [0.2, 0.25) is 5.91 Å². The van der Waals surface area contributed by atoms with E-state index in [2.05, 4.69) is 16.0 Å². The number of halogens is 1. The van der Waals surface area contributed by atoms with Crippen LogP contribution in [0, 0.1) is 11.8 Å². The van der Waals surface area contributed by atoms with E-state index in [-0.39, 0.29) is 30.1 Å². The van der Waals surface area contributed by atoms with Crippen molar-refractivity contribution in [2.45, 2.75) is 32.7 Å². The van der Waals surface area contributed by atoms with Crippen molar-refractivity contribution in [3.05, 3.63) is 22.4 Å². The van der Waals surface area contributed by atoms with Crippen molar-refractivity contribution < 1.29 is 9.59 Å². The zero-order valence-electron chi connectivity index (χ0n) is 13.6. The zero-order valence-corrected chi connectivity index (χ0v) is 15.3. The first-order chi connectivity index (χ1) is 10.6. The molecule has 0 bridgehead atoms. The van der Waals surface area contributed by atoms with Crippen LogP contribution in [0.25, 0.3) is 0 Å². The Morgan fingerprint density at radius 1 is 1.43 bits per heavy atom. The zero-order chi connectivity index (χ0) is 15.9. The highest BCUT2D eigenvalue weighted by Gasteiger charge is 2.25. The first kappa shape index (κ1) is 19.9. The third-order valence-electron chi connectivity index (χ3n) is 3.94. The molecule has 2 rings (SSSR count). The summed E-state index contributed by atoms with van der Waals surface area (Å²) < 4.78 is 0. The van der Waals surface area contributed by atoms with Gasteiger partial charge in [-0.15, -0.1) is 23.7 Å². The lowest BCUT2D eigenvalue weighted by Gasteiger charge is -2.25. The normalized spacial score (nSPS) is 18.8. The molecule has 0 radical (unpaired) electrons. The van der Waals surface area contributed by atoms with Crippen LogP contribution in [-0.4, -0.2) is 37.5 Å². The van der Waals surface area contributed by atoms with Gasteiger partial charge < -0.3 is 16.0 Å². The second-order valence-corrected chi connectivity index (χ2v) is 7.08. The Bertz CT molecular complexity index is 488. The van der Waals surface area contributed by atoms with Crippen LogP contribution in [0.15, 0.2) is 17.5 Å². The second kappa shape index (κ2) is 9.90. The average Bonchev–Trinajstić information content (AvgIpc) is 3.05. The molecule has 0 aromatic carbocycles. The summed E-state index contributed by atoms with van der Waals surface area (Å²) in [7, 11) is 0. The summed E-state index contributed by atoms with van der Waals surface area (Å²) in [5, 5.41) is 11.0. The van der Waals surface area contributed by atoms with Crippen LogP contribution in [0.1, 0.15) is 36.4 Å². The number of amides is 2. The summed E-state index contributed by atoms with van der Waals surface area (Å²) in [6.07, 6.45) is 2.30. The van der Waals surface area contributed by atoms with E-state index in [0.29, 0.717) is 17.3 Å². The Morgan fingerprint density at radius 2 is 2.22 bits per heavy atom. The number of thiophene rings is 1. The first-order valence-electron chi connectivity index (χ1n) is 7.90. The van der Waals surface area contributed by atoms with Crippen LogP contribution < -0.4 is 16.0 Å². The predicted molar refractivity (Wildman–Crippen MR) is 96.3 cm³/mol. The number of piperidine rings is 1. The summed E-state index contributed by atoms with van der Waals surface area (Å²) >= 11 is 1.38. The highest BCUT2D eigenvalue weighted by atomic mass is 35.5. The standard InChI is InChI=1S/C16H25N3O2S.ClH/c1-11(2)14(19-15(20)13-6-4-8-22-13)16(21)18-10-12-5-3-7-17-9-12;/h4,6,8,11-12,14,17H,3,5,7,9-10H2,1-2H3,(H,18,21)(H,19,20);1H. The monoisotopic (exact) mass is 359 g/mol. The van der Waals surface area contributed by atoms with Gasteiger partial charge in [-0.25, -0.2) is 0 Å². The minimum atomic E-state index is -0.494. The van der Waals surface area contributed by atoms with Gasteiger partial charge in [-0.3, -0.25) is 9.59 Å². The largest absolute Gasteiger partial charge is 0.354 e. The lowest BCUT2D eigenvalue weighted by molar-refractivity contribution is -0.124. The molecule has 1 aromatic heterocycles. The van der Waals surface area contributed by atoms with Crippen molar-refractivity contribution in [1.82, 2.24) is 16.0 Å². The van der Waals surface area contributed by atoms with Crippen molar-refractivity contribution >= 4 is 35.6 Å². The van der Waals surface area contributed by atoms with Crippen molar-refractivity contribution in [3.8, 4) is 0 Å². The molecule has 130 valence electrons. The van der Waals surface area contributed by atoms with E-state index in [1.807, 2.05) is 25.3 Å². The van der Waals surface area contributed by atoms with E-state index >= 15 is 0 Å². The Labute approximate surface area is 148 Å². The molecule has 1 aliphatic heterocycles. The quantitative estimate of drug-likeness (QED) is 0.728. The summed E-state index contributed by atoms with van der Waals surface area (Å²) in [5.41, 5.74) is 0. The van der Waals surface area contributed by atoms with Crippen LogP contribution in [0.5, 0.6) is 0 Å². The number of hydrogen-bond donors (Lipinski definition) is 3. The van der Waals surface area contributed by atoms with Crippen molar-refractivity contribution in [1.29, 1.82) is 0 Å². The van der Waals surface area contributed by atoms with Crippen molar-refractivity contribution in [2.75, 3.05) is 19.6 Å². The molecule has 0 saturated carbocycles. The Kier molecular flexibility index (Phi) is 8.58. The molecule has 2 atom stereocenters. The van der Waals surface area contributed by atoms with Gasteiger partial charge in [0.15, 0.2) is 0 Å². The highest BCUT2D eigenvalue weighted by molar-refractivity contribution is 7.12. The minimum absolute atomic E-state index is 0. The SMILES string of the molecule is CC(C)C(NC(=O)c1cccs1)C(=O)NCC1CCCNC1.Cl. The van der Waals surface area contributed by atoms with Gasteiger partial charge in [-0.1, -0.05) is 19.9 Å². The molecule has 1 aliphatic rings. The van der Waals surface area contributed by atoms with E-state index in [9.17, 15) is 9.59 Å². The van der Waals surface area contributed by atoms with Crippen molar-refractivity contribution in [3.63, 3.8) is 0 Å². The maximum atomic E-state index is 12.4. The summed E-state index contributed by atoms with van der Waals surface area (Å²) in [5.74, 6) is 0.264. The lowest BCUT2D eigenvalue weighted by Crippen LogP contribution is -2.51. The maximum absolute atomic E-state index is 12.4. The van der Waals surface area contributed by atoms with Gasteiger partial charge in [-0.05, 0) is 49.2 Å². The molecule has 23 heavy (non-hydrogen) atoms. The maximum Gasteiger partial charge on any atom is 0.262 e. The Morgan fingerprint density at radius 3 is 2.78 bits per heavy atom. The third kappa shape index (κ3) is 6.12. The fourth-order valence-electron chi connectivity index (χ4n) is 2.61. The van der Waals surface area contributed by atoms with E-state index in [1.54, 1.807) is 6.07 Å². The van der Waals surface area contributed by atoms with E-state index in [4.69, 9.17) is 0 Å².